The normalized spacial score (nSPS) is 16.6. The minimum absolute atomic E-state index is 0.642. The Labute approximate surface area is 110 Å². The Bertz CT molecular complexity index is 440. The number of hydrogen-bond donors (Lipinski definition) is 0. The molecular weight excluding hydrogens is 222 g/mol. The second-order valence-electron chi connectivity index (χ2n) is 5.03. The van der Waals surface area contributed by atoms with E-state index in [4.69, 9.17) is 5.26 Å². The molecule has 1 aliphatic rings. The average Bonchev–Trinajstić information content (AvgIpc) is 2.37. The highest BCUT2D eigenvalue weighted by molar-refractivity contribution is 5.54. The molecule has 2 rings (SSSR count). The predicted octanol–water partition coefficient (Wildman–Crippen LogP) is 2.34. The number of anilines is 1. The van der Waals surface area contributed by atoms with Crippen molar-refractivity contribution >= 4 is 5.69 Å². The molecule has 0 bridgehead atoms. The van der Waals surface area contributed by atoms with Crippen molar-refractivity contribution < 1.29 is 0 Å². The van der Waals surface area contributed by atoms with E-state index in [0.717, 1.165) is 32.7 Å². The van der Waals surface area contributed by atoms with Crippen LogP contribution in [-0.4, -0.2) is 37.6 Å². The van der Waals surface area contributed by atoms with Crippen LogP contribution < -0.4 is 4.90 Å². The van der Waals surface area contributed by atoms with Gasteiger partial charge in [0.15, 0.2) is 0 Å². The molecule has 0 N–H and O–H groups in total. The minimum Gasteiger partial charge on any atom is -0.369 e. The van der Waals surface area contributed by atoms with Crippen LogP contribution in [0, 0.1) is 25.2 Å². The lowest BCUT2D eigenvalue weighted by Gasteiger charge is -2.36. The van der Waals surface area contributed by atoms with Crippen LogP contribution in [0.15, 0.2) is 18.2 Å². The molecule has 0 aliphatic carbocycles. The van der Waals surface area contributed by atoms with Crippen LogP contribution in [0.3, 0.4) is 0 Å². The highest BCUT2D eigenvalue weighted by Crippen LogP contribution is 2.22. The summed E-state index contributed by atoms with van der Waals surface area (Å²) in [4.78, 5) is 4.83. The fraction of sp³-hybridized carbons (Fsp3) is 0.533. The van der Waals surface area contributed by atoms with Crippen molar-refractivity contribution in [1.29, 1.82) is 5.26 Å². The molecule has 1 aromatic carbocycles. The summed E-state index contributed by atoms with van der Waals surface area (Å²) in [7, 11) is 0. The standard InChI is InChI=1S/C15H21N3/c1-13-4-5-15(14(2)12-13)18-10-8-17(9-11-18)7-3-6-16/h4-5,12H,3,7-11H2,1-2H3. The van der Waals surface area contributed by atoms with Crippen LogP contribution in [-0.2, 0) is 0 Å². The largest absolute Gasteiger partial charge is 0.369 e. The van der Waals surface area contributed by atoms with E-state index in [1.165, 1.54) is 16.8 Å². The molecule has 0 spiro atoms. The van der Waals surface area contributed by atoms with Gasteiger partial charge in [-0.15, -0.1) is 0 Å². The maximum Gasteiger partial charge on any atom is 0.0635 e. The highest BCUT2D eigenvalue weighted by atomic mass is 15.3. The van der Waals surface area contributed by atoms with Gasteiger partial charge in [-0.25, -0.2) is 0 Å². The summed E-state index contributed by atoms with van der Waals surface area (Å²) in [6, 6.07) is 8.88. The molecule has 1 saturated heterocycles. The summed E-state index contributed by atoms with van der Waals surface area (Å²) in [5.41, 5.74) is 4.05. The smallest absolute Gasteiger partial charge is 0.0635 e. The number of rotatable bonds is 3. The molecule has 1 heterocycles. The number of piperazine rings is 1. The zero-order valence-electron chi connectivity index (χ0n) is 11.3. The van der Waals surface area contributed by atoms with Crippen LogP contribution in [0.5, 0.6) is 0 Å². The summed E-state index contributed by atoms with van der Waals surface area (Å²) < 4.78 is 0. The molecule has 1 aliphatic heterocycles. The van der Waals surface area contributed by atoms with Crippen molar-refractivity contribution in [3.8, 4) is 6.07 Å². The molecule has 0 amide bonds. The second kappa shape index (κ2) is 5.88. The third-order valence-corrected chi connectivity index (χ3v) is 3.61. The van der Waals surface area contributed by atoms with Crippen molar-refractivity contribution in [3.05, 3.63) is 29.3 Å². The monoisotopic (exact) mass is 243 g/mol. The molecule has 18 heavy (non-hydrogen) atoms. The predicted molar refractivity (Wildman–Crippen MR) is 74.8 cm³/mol. The van der Waals surface area contributed by atoms with E-state index >= 15 is 0 Å². The number of aryl methyl sites for hydroxylation is 2. The first-order chi connectivity index (χ1) is 8.70. The minimum atomic E-state index is 0.642. The van der Waals surface area contributed by atoms with E-state index in [2.05, 4.69) is 47.9 Å². The highest BCUT2D eigenvalue weighted by Gasteiger charge is 2.17. The summed E-state index contributed by atoms with van der Waals surface area (Å²) in [6.07, 6.45) is 0.642. The van der Waals surface area contributed by atoms with Crippen molar-refractivity contribution in [2.24, 2.45) is 0 Å². The zero-order chi connectivity index (χ0) is 13.0. The van der Waals surface area contributed by atoms with E-state index in [9.17, 15) is 0 Å². The lowest BCUT2D eigenvalue weighted by atomic mass is 10.1. The zero-order valence-corrected chi connectivity index (χ0v) is 11.3. The molecule has 3 heteroatoms. The van der Waals surface area contributed by atoms with E-state index in [-0.39, 0.29) is 0 Å². The van der Waals surface area contributed by atoms with Gasteiger partial charge in [-0.2, -0.15) is 5.26 Å². The molecule has 3 nitrogen and oxygen atoms in total. The SMILES string of the molecule is Cc1ccc(N2CCN(CCC#N)CC2)c(C)c1. The van der Waals surface area contributed by atoms with Gasteiger partial charge in [-0.3, -0.25) is 4.90 Å². The number of nitriles is 1. The Morgan fingerprint density at radius 2 is 1.89 bits per heavy atom. The summed E-state index contributed by atoms with van der Waals surface area (Å²) >= 11 is 0. The number of nitrogens with zero attached hydrogens (tertiary/aromatic N) is 3. The maximum absolute atomic E-state index is 8.60. The molecule has 96 valence electrons. The fourth-order valence-electron chi connectivity index (χ4n) is 2.58. The molecule has 0 atom stereocenters. The van der Waals surface area contributed by atoms with Crippen molar-refractivity contribution in [2.75, 3.05) is 37.6 Å². The fourth-order valence-corrected chi connectivity index (χ4v) is 2.58. The molecule has 1 aromatic rings. The summed E-state index contributed by atoms with van der Waals surface area (Å²) in [6.45, 7) is 9.49. The Morgan fingerprint density at radius 3 is 2.50 bits per heavy atom. The van der Waals surface area contributed by atoms with E-state index < -0.39 is 0 Å². The van der Waals surface area contributed by atoms with E-state index in [1.54, 1.807) is 0 Å². The van der Waals surface area contributed by atoms with Gasteiger partial charge in [0.1, 0.15) is 0 Å². The van der Waals surface area contributed by atoms with Gasteiger partial charge in [0, 0.05) is 44.8 Å². The quantitative estimate of drug-likeness (QED) is 0.816. The molecule has 1 fully saturated rings. The van der Waals surface area contributed by atoms with Crippen molar-refractivity contribution in [2.45, 2.75) is 20.3 Å². The Morgan fingerprint density at radius 1 is 1.17 bits per heavy atom. The van der Waals surface area contributed by atoms with Gasteiger partial charge in [0.2, 0.25) is 0 Å². The summed E-state index contributed by atoms with van der Waals surface area (Å²) in [5, 5.41) is 8.60. The van der Waals surface area contributed by atoms with Crippen LogP contribution in [0.2, 0.25) is 0 Å². The van der Waals surface area contributed by atoms with Crippen molar-refractivity contribution in [1.82, 2.24) is 4.90 Å². The van der Waals surface area contributed by atoms with Gasteiger partial charge in [0.25, 0.3) is 0 Å². The molecule has 0 unspecified atom stereocenters. The Hall–Kier alpha value is -1.53. The Balaban J connectivity index is 1.95. The van der Waals surface area contributed by atoms with Crippen LogP contribution >= 0.6 is 0 Å². The van der Waals surface area contributed by atoms with Crippen LogP contribution in [0.4, 0.5) is 5.69 Å². The third kappa shape index (κ3) is 3.02. The van der Waals surface area contributed by atoms with Gasteiger partial charge in [-0.05, 0) is 25.5 Å². The molecule has 0 aromatic heterocycles. The van der Waals surface area contributed by atoms with Gasteiger partial charge >= 0.3 is 0 Å². The molecular formula is C15H21N3. The first-order valence-electron chi connectivity index (χ1n) is 6.62. The molecule has 0 radical (unpaired) electrons. The first kappa shape index (κ1) is 12.9. The summed E-state index contributed by atoms with van der Waals surface area (Å²) in [5.74, 6) is 0. The average molecular weight is 243 g/mol. The van der Waals surface area contributed by atoms with E-state index in [0.29, 0.717) is 6.42 Å². The van der Waals surface area contributed by atoms with Crippen LogP contribution in [0.1, 0.15) is 17.5 Å². The van der Waals surface area contributed by atoms with E-state index in [1.807, 2.05) is 0 Å². The molecule has 0 saturated carbocycles. The number of hydrogen-bond acceptors (Lipinski definition) is 3. The lowest BCUT2D eigenvalue weighted by Crippen LogP contribution is -2.46. The van der Waals surface area contributed by atoms with Crippen molar-refractivity contribution in [3.63, 3.8) is 0 Å². The topological polar surface area (TPSA) is 30.3 Å². The maximum atomic E-state index is 8.60. The number of benzene rings is 1. The second-order valence-corrected chi connectivity index (χ2v) is 5.03. The lowest BCUT2D eigenvalue weighted by molar-refractivity contribution is 0.263. The first-order valence-corrected chi connectivity index (χ1v) is 6.62. The third-order valence-electron chi connectivity index (χ3n) is 3.61. The van der Waals surface area contributed by atoms with Gasteiger partial charge in [0.05, 0.1) is 6.07 Å². The van der Waals surface area contributed by atoms with Crippen LogP contribution in [0.25, 0.3) is 0 Å². The van der Waals surface area contributed by atoms with Gasteiger partial charge in [-0.1, -0.05) is 17.7 Å². The van der Waals surface area contributed by atoms with Gasteiger partial charge < -0.3 is 4.90 Å². The Kier molecular flexibility index (Phi) is 4.22.